The molecule has 3 aromatic rings. The number of benzene rings is 1. The number of carbonyl (C=O) groups excluding carboxylic acids is 1. The zero-order chi connectivity index (χ0) is 18.1. The van der Waals surface area contributed by atoms with Crippen LogP contribution in [0.1, 0.15) is 47.4 Å². The van der Waals surface area contributed by atoms with Gasteiger partial charge in [0.05, 0.1) is 6.54 Å². The van der Waals surface area contributed by atoms with Crippen LogP contribution in [0.25, 0.3) is 11.1 Å². The van der Waals surface area contributed by atoms with Crippen molar-refractivity contribution < 1.29 is 13.7 Å². The maximum Gasteiger partial charge on any atom is 0.276 e. The molecule has 0 saturated carbocycles. The summed E-state index contributed by atoms with van der Waals surface area (Å²) in [5.41, 5.74) is 1.90. The number of likely N-dealkylation sites (tertiary alicyclic amines) is 1. The van der Waals surface area contributed by atoms with E-state index in [9.17, 15) is 4.79 Å². The van der Waals surface area contributed by atoms with Crippen LogP contribution in [0.4, 0.5) is 0 Å². The summed E-state index contributed by atoms with van der Waals surface area (Å²) in [6, 6.07) is 9.22. The third-order valence-corrected chi connectivity index (χ3v) is 4.61. The Morgan fingerprint density at radius 1 is 1.31 bits per heavy atom. The number of hydrogen-bond donors (Lipinski definition) is 0. The number of aromatic nitrogens is 2. The molecule has 3 heterocycles. The standard InChI is InChI=1S/C19H22N4O3/c1-22(2)12-13-11-15(21-26-13)19(24)23-10-6-5-8-16(23)18-20-14-7-3-4-9-17(14)25-18/h3-4,7,9,11,16H,5-6,8,10,12H2,1-2H3. The van der Waals surface area contributed by atoms with Crippen LogP contribution in [-0.2, 0) is 6.54 Å². The first kappa shape index (κ1) is 16.8. The Kier molecular flexibility index (Phi) is 4.46. The van der Waals surface area contributed by atoms with Crippen LogP contribution in [0, 0.1) is 0 Å². The van der Waals surface area contributed by atoms with E-state index in [-0.39, 0.29) is 11.9 Å². The molecule has 1 atom stereocenters. The van der Waals surface area contributed by atoms with Gasteiger partial charge in [0, 0.05) is 12.6 Å². The van der Waals surface area contributed by atoms with Crippen molar-refractivity contribution in [2.75, 3.05) is 20.6 Å². The van der Waals surface area contributed by atoms with Crippen molar-refractivity contribution in [2.24, 2.45) is 0 Å². The number of rotatable bonds is 4. The van der Waals surface area contributed by atoms with Crippen LogP contribution in [0.3, 0.4) is 0 Å². The van der Waals surface area contributed by atoms with E-state index >= 15 is 0 Å². The van der Waals surface area contributed by atoms with Crippen LogP contribution in [0.2, 0.25) is 0 Å². The molecule has 7 nitrogen and oxygen atoms in total. The second-order valence-electron chi connectivity index (χ2n) is 6.95. The molecule has 0 bridgehead atoms. The quantitative estimate of drug-likeness (QED) is 0.716. The first-order valence-corrected chi connectivity index (χ1v) is 8.88. The first-order valence-electron chi connectivity index (χ1n) is 8.88. The number of carbonyl (C=O) groups is 1. The number of piperidine rings is 1. The molecule has 1 saturated heterocycles. The molecule has 26 heavy (non-hydrogen) atoms. The van der Waals surface area contributed by atoms with Crippen molar-refractivity contribution in [1.82, 2.24) is 19.9 Å². The highest BCUT2D eigenvalue weighted by Crippen LogP contribution is 2.33. The minimum Gasteiger partial charge on any atom is -0.438 e. The molecule has 1 amide bonds. The van der Waals surface area contributed by atoms with Gasteiger partial charge in [-0.05, 0) is 45.5 Å². The van der Waals surface area contributed by atoms with Crippen LogP contribution < -0.4 is 0 Å². The molecule has 0 radical (unpaired) electrons. The fourth-order valence-electron chi connectivity index (χ4n) is 3.41. The normalized spacial score (nSPS) is 18.0. The Hall–Kier alpha value is -2.67. The van der Waals surface area contributed by atoms with Gasteiger partial charge in [-0.1, -0.05) is 17.3 Å². The Balaban J connectivity index is 1.60. The van der Waals surface area contributed by atoms with Crippen LogP contribution >= 0.6 is 0 Å². The lowest BCUT2D eigenvalue weighted by Crippen LogP contribution is -2.38. The molecule has 1 aromatic carbocycles. The Labute approximate surface area is 151 Å². The minimum absolute atomic E-state index is 0.134. The fraction of sp³-hybridized carbons (Fsp3) is 0.421. The largest absolute Gasteiger partial charge is 0.438 e. The second-order valence-corrected chi connectivity index (χ2v) is 6.95. The second kappa shape index (κ2) is 6.92. The average Bonchev–Trinajstić information content (AvgIpc) is 3.27. The molecule has 1 unspecified atom stereocenters. The average molecular weight is 354 g/mol. The van der Waals surface area contributed by atoms with E-state index in [0.29, 0.717) is 30.4 Å². The highest BCUT2D eigenvalue weighted by molar-refractivity contribution is 5.92. The summed E-state index contributed by atoms with van der Waals surface area (Å²) in [5.74, 6) is 1.13. The van der Waals surface area contributed by atoms with Gasteiger partial charge in [-0.15, -0.1) is 0 Å². The lowest BCUT2D eigenvalue weighted by Gasteiger charge is -2.33. The van der Waals surface area contributed by atoms with Gasteiger partial charge in [0.15, 0.2) is 17.0 Å². The van der Waals surface area contributed by atoms with Gasteiger partial charge in [0.1, 0.15) is 11.6 Å². The Bertz CT molecular complexity index is 881. The number of hydrogen-bond acceptors (Lipinski definition) is 6. The maximum atomic E-state index is 13.0. The SMILES string of the molecule is CN(C)Cc1cc(C(=O)N2CCCCC2c2nc3ccccc3o2)no1. The van der Waals surface area contributed by atoms with Gasteiger partial charge in [0.25, 0.3) is 5.91 Å². The molecule has 4 rings (SSSR count). The number of amides is 1. The summed E-state index contributed by atoms with van der Waals surface area (Å²) in [6.07, 6.45) is 2.84. The summed E-state index contributed by atoms with van der Waals surface area (Å²) in [7, 11) is 3.88. The van der Waals surface area contributed by atoms with Crippen LogP contribution in [-0.4, -0.2) is 46.5 Å². The highest BCUT2D eigenvalue weighted by Gasteiger charge is 2.33. The van der Waals surface area contributed by atoms with E-state index in [1.54, 1.807) is 6.07 Å². The van der Waals surface area contributed by atoms with E-state index in [1.807, 2.05) is 48.2 Å². The van der Waals surface area contributed by atoms with Crippen molar-refractivity contribution in [3.63, 3.8) is 0 Å². The molecule has 2 aromatic heterocycles. The third-order valence-electron chi connectivity index (χ3n) is 4.61. The molecule has 0 aliphatic carbocycles. The predicted molar refractivity (Wildman–Crippen MR) is 95.5 cm³/mol. The van der Waals surface area contributed by atoms with Crippen LogP contribution in [0.15, 0.2) is 39.3 Å². The number of para-hydroxylation sites is 2. The van der Waals surface area contributed by atoms with E-state index in [1.165, 1.54) is 0 Å². The number of fused-ring (bicyclic) bond motifs is 1. The van der Waals surface area contributed by atoms with Crippen molar-refractivity contribution in [3.05, 3.63) is 47.7 Å². The topological polar surface area (TPSA) is 75.6 Å². The maximum absolute atomic E-state index is 13.0. The molecule has 1 fully saturated rings. The lowest BCUT2D eigenvalue weighted by atomic mass is 10.0. The van der Waals surface area contributed by atoms with Crippen molar-refractivity contribution in [3.8, 4) is 0 Å². The zero-order valence-electron chi connectivity index (χ0n) is 15.0. The van der Waals surface area contributed by atoms with Crippen molar-refractivity contribution in [2.45, 2.75) is 31.8 Å². The number of nitrogens with zero attached hydrogens (tertiary/aromatic N) is 4. The summed E-state index contributed by atoms with van der Waals surface area (Å²) in [5, 5.41) is 3.97. The third kappa shape index (κ3) is 3.22. The van der Waals surface area contributed by atoms with Gasteiger partial charge in [-0.2, -0.15) is 0 Å². The van der Waals surface area contributed by atoms with E-state index in [0.717, 1.165) is 30.4 Å². The zero-order valence-corrected chi connectivity index (χ0v) is 15.0. The van der Waals surface area contributed by atoms with Gasteiger partial charge in [-0.3, -0.25) is 4.79 Å². The summed E-state index contributed by atoms with van der Waals surface area (Å²) >= 11 is 0. The van der Waals surface area contributed by atoms with Gasteiger partial charge < -0.3 is 18.7 Å². The predicted octanol–water partition coefficient (Wildman–Crippen LogP) is 3.24. The van der Waals surface area contributed by atoms with Gasteiger partial charge in [0.2, 0.25) is 5.89 Å². The van der Waals surface area contributed by atoms with Crippen molar-refractivity contribution >= 4 is 17.0 Å². The minimum atomic E-state index is -0.169. The first-order chi connectivity index (χ1) is 12.6. The van der Waals surface area contributed by atoms with Gasteiger partial charge >= 0.3 is 0 Å². The number of oxazole rings is 1. The van der Waals surface area contributed by atoms with Crippen molar-refractivity contribution in [1.29, 1.82) is 0 Å². The van der Waals surface area contributed by atoms with E-state index in [4.69, 9.17) is 8.94 Å². The molecule has 0 spiro atoms. The molecule has 7 heteroatoms. The molecule has 1 aliphatic heterocycles. The lowest BCUT2D eigenvalue weighted by molar-refractivity contribution is 0.0564. The fourth-order valence-corrected chi connectivity index (χ4v) is 3.41. The molecular formula is C19H22N4O3. The smallest absolute Gasteiger partial charge is 0.276 e. The molecular weight excluding hydrogens is 332 g/mol. The molecule has 0 N–H and O–H groups in total. The molecule has 136 valence electrons. The summed E-state index contributed by atoms with van der Waals surface area (Å²) in [4.78, 5) is 21.4. The van der Waals surface area contributed by atoms with E-state index in [2.05, 4.69) is 10.1 Å². The van der Waals surface area contributed by atoms with Gasteiger partial charge in [-0.25, -0.2) is 4.98 Å². The van der Waals surface area contributed by atoms with Crippen LogP contribution in [0.5, 0.6) is 0 Å². The monoisotopic (exact) mass is 354 g/mol. The molecule has 1 aliphatic rings. The summed E-state index contributed by atoms with van der Waals surface area (Å²) < 4.78 is 11.2. The highest BCUT2D eigenvalue weighted by atomic mass is 16.5. The summed E-state index contributed by atoms with van der Waals surface area (Å²) in [6.45, 7) is 1.27. The Morgan fingerprint density at radius 3 is 2.96 bits per heavy atom. The van der Waals surface area contributed by atoms with E-state index < -0.39 is 0 Å². The Morgan fingerprint density at radius 2 is 2.15 bits per heavy atom.